The van der Waals surface area contributed by atoms with E-state index in [0.717, 1.165) is 0 Å². The number of pyridine rings is 1. The zero-order valence-electron chi connectivity index (χ0n) is 11.1. The molecule has 2 heterocycles. The molecule has 3 rings (SSSR count). The van der Waals surface area contributed by atoms with Crippen LogP contribution < -0.4 is 0 Å². The number of rotatable bonds is 2. The molecule has 0 unspecified atom stereocenters. The maximum atomic E-state index is 11.9. The van der Waals surface area contributed by atoms with Gasteiger partial charge in [0.05, 0.1) is 18.2 Å². The zero-order chi connectivity index (χ0) is 15.0. The van der Waals surface area contributed by atoms with Crippen molar-refractivity contribution in [1.29, 1.82) is 0 Å². The topological polar surface area (TPSA) is 63.8 Å². The van der Waals surface area contributed by atoms with Gasteiger partial charge in [-0.1, -0.05) is 29.8 Å². The van der Waals surface area contributed by atoms with Gasteiger partial charge in [0.2, 0.25) is 0 Å². The Morgan fingerprint density at radius 2 is 2.00 bits per heavy atom. The first-order chi connectivity index (χ1) is 10.1. The minimum Gasteiger partial charge on any atom is -0.507 e. The van der Waals surface area contributed by atoms with Crippen LogP contribution in [0.15, 0.2) is 42.5 Å². The van der Waals surface area contributed by atoms with Crippen LogP contribution in [0.4, 0.5) is 0 Å². The summed E-state index contributed by atoms with van der Waals surface area (Å²) in [5.74, 6) is -0.0684. The Kier molecular flexibility index (Phi) is 3.27. The molecule has 0 aliphatic rings. The summed E-state index contributed by atoms with van der Waals surface area (Å²) < 4.78 is 6.35. The number of para-hydroxylation sites is 1. The van der Waals surface area contributed by atoms with Crippen LogP contribution in [0.3, 0.4) is 0 Å². The number of halogens is 1. The molecule has 0 fully saturated rings. The Morgan fingerprint density at radius 1 is 1.24 bits per heavy atom. The van der Waals surface area contributed by atoms with Gasteiger partial charge in [0.25, 0.3) is 0 Å². The fraction of sp³-hybridized carbons (Fsp3) is 0.0667. The molecule has 0 radical (unpaired) electrons. The normalized spacial score (nSPS) is 10.8. The van der Waals surface area contributed by atoms with Gasteiger partial charge in [0.15, 0.2) is 11.0 Å². The molecule has 0 aliphatic heterocycles. The molecule has 6 heteroatoms. The molecule has 2 aromatic heterocycles. The Bertz CT molecular complexity index is 842. The van der Waals surface area contributed by atoms with E-state index < -0.39 is 5.97 Å². The number of aromatic nitrogens is 2. The Morgan fingerprint density at radius 3 is 2.71 bits per heavy atom. The highest BCUT2D eigenvalue weighted by molar-refractivity contribution is 6.33. The minimum absolute atomic E-state index is 0.0562. The maximum absolute atomic E-state index is 11.9. The average molecular weight is 303 g/mol. The van der Waals surface area contributed by atoms with Gasteiger partial charge in [-0.25, -0.2) is 9.78 Å². The number of hydrogen-bond donors (Lipinski definition) is 1. The number of methoxy groups -OCH3 is 1. The number of phenols is 1. The summed E-state index contributed by atoms with van der Waals surface area (Å²) in [4.78, 5) is 16.2. The average Bonchev–Trinajstić information content (AvgIpc) is 2.84. The second kappa shape index (κ2) is 5.10. The third kappa shape index (κ3) is 2.11. The standard InChI is InChI=1S/C15H11ClN2O3/c1-21-15(20)11-7-4-6-10-13(16)17-14(18(10)11)9-5-2-3-8-12(9)19/h2-8,19H,1H3. The molecule has 0 amide bonds. The Labute approximate surface area is 125 Å². The van der Waals surface area contributed by atoms with Crippen molar-refractivity contribution in [1.82, 2.24) is 9.38 Å². The lowest BCUT2D eigenvalue weighted by molar-refractivity contribution is 0.0592. The fourth-order valence-corrected chi connectivity index (χ4v) is 2.43. The second-order valence-electron chi connectivity index (χ2n) is 4.37. The van der Waals surface area contributed by atoms with Crippen molar-refractivity contribution in [3.63, 3.8) is 0 Å². The number of benzene rings is 1. The van der Waals surface area contributed by atoms with E-state index in [1.54, 1.807) is 46.9 Å². The number of phenolic OH excluding ortho intramolecular Hbond substituents is 1. The molecule has 1 N–H and O–H groups in total. The van der Waals surface area contributed by atoms with Gasteiger partial charge in [-0.05, 0) is 24.3 Å². The van der Waals surface area contributed by atoms with Gasteiger partial charge in [0, 0.05) is 0 Å². The Hall–Kier alpha value is -2.53. The van der Waals surface area contributed by atoms with Crippen LogP contribution in [0.5, 0.6) is 5.75 Å². The van der Waals surface area contributed by atoms with E-state index in [4.69, 9.17) is 16.3 Å². The largest absolute Gasteiger partial charge is 0.507 e. The van der Waals surface area contributed by atoms with E-state index in [-0.39, 0.29) is 16.6 Å². The summed E-state index contributed by atoms with van der Waals surface area (Å²) in [5.41, 5.74) is 1.33. The van der Waals surface area contributed by atoms with Crippen LogP contribution in [0.1, 0.15) is 10.5 Å². The first-order valence-electron chi connectivity index (χ1n) is 6.17. The van der Waals surface area contributed by atoms with Gasteiger partial charge < -0.3 is 9.84 Å². The maximum Gasteiger partial charge on any atom is 0.355 e. The lowest BCUT2D eigenvalue weighted by Crippen LogP contribution is -2.08. The lowest BCUT2D eigenvalue weighted by atomic mass is 10.2. The van der Waals surface area contributed by atoms with E-state index in [1.165, 1.54) is 7.11 Å². The van der Waals surface area contributed by atoms with Crippen LogP contribution >= 0.6 is 11.6 Å². The molecule has 0 spiro atoms. The van der Waals surface area contributed by atoms with Crippen molar-refractivity contribution in [2.45, 2.75) is 0 Å². The number of nitrogens with zero attached hydrogens (tertiary/aromatic N) is 2. The molecule has 106 valence electrons. The number of carbonyl (C=O) groups excluding carboxylic acids is 1. The molecular weight excluding hydrogens is 292 g/mol. The van der Waals surface area contributed by atoms with Gasteiger partial charge in [-0.2, -0.15) is 0 Å². The fourth-order valence-electron chi connectivity index (χ4n) is 2.21. The molecule has 5 nitrogen and oxygen atoms in total. The van der Waals surface area contributed by atoms with Crippen LogP contribution in [0.25, 0.3) is 16.9 Å². The summed E-state index contributed by atoms with van der Waals surface area (Å²) >= 11 is 6.13. The highest BCUT2D eigenvalue weighted by Crippen LogP contribution is 2.32. The van der Waals surface area contributed by atoms with Crippen molar-refractivity contribution < 1.29 is 14.6 Å². The van der Waals surface area contributed by atoms with Crippen molar-refractivity contribution in [2.75, 3.05) is 7.11 Å². The number of imidazole rings is 1. The van der Waals surface area contributed by atoms with Crippen molar-refractivity contribution in [2.24, 2.45) is 0 Å². The predicted octanol–water partition coefficient (Wildman–Crippen LogP) is 3.15. The summed E-state index contributed by atoms with van der Waals surface area (Å²) in [6.45, 7) is 0. The third-order valence-electron chi connectivity index (χ3n) is 3.16. The molecule has 1 aromatic carbocycles. The molecule has 0 atom stereocenters. The lowest BCUT2D eigenvalue weighted by Gasteiger charge is -2.08. The molecule has 0 saturated heterocycles. The van der Waals surface area contributed by atoms with E-state index in [0.29, 0.717) is 16.9 Å². The molecule has 21 heavy (non-hydrogen) atoms. The molecule has 0 aliphatic carbocycles. The molecule has 3 aromatic rings. The number of aromatic hydroxyl groups is 1. The SMILES string of the molecule is COC(=O)c1cccc2c(Cl)nc(-c3ccccc3O)n12. The smallest absolute Gasteiger partial charge is 0.355 e. The van der Waals surface area contributed by atoms with E-state index in [9.17, 15) is 9.90 Å². The number of esters is 1. The minimum atomic E-state index is -0.508. The first-order valence-corrected chi connectivity index (χ1v) is 6.55. The zero-order valence-corrected chi connectivity index (χ0v) is 11.8. The van der Waals surface area contributed by atoms with E-state index in [2.05, 4.69) is 4.98 Å². The van der Waals surface area contributed by atoms with Gasteiger partial charge in [-0.15, -0.1) is 0 Å². The van der Waals surface area contributed by atoms with Gasteiger partial charge >= 0.3 is 5.97 Å². The van der Waals surface area contributed by atoms with Crippen molar-refractivity contribution in [3.8, 4) is 17.1 Å². The quantitative estimate of drug-likeness (QED) is 0.739. The van der Waals surface area contributed by atoms with Crippen molar-refractivity contribution in [3.05, 3.63) is 53.3 Å². The summed E-state index contributed by atoms with van der Waals surface area (Å²) in [6, 6.07) is 11.8. The number of hydrogen-bond acceptors (Lipinski definition) is 4. The summed E-state index contributed by atoms with van der Waals surface area (Å²) in [6.07, 6.45) is 0. The highest BCUT2D eigenvalue weighted by Gasteiger charge is 2.19. The Balaban J connectivity index is 2.39. The van der Waals surface area contributed by atoms with Crippen LogP contribution in [0.2, 0.25) is 5.15 Å². The highest BCUT2D eigenvalue weighted by atomic mass is 35.5. The van der Waals surface area contributed by atoms with E-state index in [1.807, 2.05) is 0 Å². The van der Waals surface area contributed by atoms with Gasteiger partial charge in [0.1, 0.15) is 11.4 Å². The van der Waals surface area contributed by atoms with Crippen LogP contribution in [-0.2, 0) is 4.74 Å². The summed E-state index contributed by atoms with van der Waals surface area (Å²) in [7, 11) is 1.30. The van der Waals surface area contributed by atoms with E-state index >= 15 is 0 Å². The third-order valence-corrected chi connectivity index (χ3v) is 3.43. The number of ether oxygens (including phenoxy) is 1. The van der Waals surface area contributed by atoms with Crippen LogP contribution in [-0.4, -0.2) is 27.6 Å². The molecule has 0 bridgehead atoms. The molecule has 0 saturated carbocycles. The predicted molar refractivity (Wildman–Crippen MR) is 78.6 cm³/mol. The molecular formula is C15H11ClN2O3. The summed E-state index contributed by atoms with van der Waals surface area (Å²) in [5, 5.41) is 10.3. The first kappa shape index (κ1) is 13.5. The van der Waals surface area contributed by atoms with Gasteiger partial charge in [-0.3, -0.25) is 4.40 Å². The van der Waals surface area contributed by atoms with Crippen molar-refractivity contribution >= 4 is 23.1 Å². The second-order valence-corrected chi connectivity index (χ2v) is 4.72. The monoisotopic (exact) mass is 302 g/mol. The number of carbonyl (C=O) groups is 1. The van der Waals surface area contributed by atoms with Crippen LogP contribution in [0, 0.1) is 0 Å². The number of fused-ring (bicyclic) bond motifs is 1.